The smallest absolute Gasteiger partial charge is 0.315 e. The molecule has 4 nitrogen and oxygen atoms in total. The molecule has 1 aliphatic rings. The molecule has 0 bridgehead atoms. The van der Waals surface area contributed by atoms with Crippen LogP contribution in [0.3, 0.4) is 0 Å². The van der Waals surface area contributed by atoms with E-state index in [2.05, 4.69) is 4.98 Å². The number of carboxylic acid groups (broad SMARTS) is 1. The first-order chi connectivity index (χ1) is 6.69. The van der Waals surface area contributed by atoms with Crippen molar-refractivity contribution in [3.05, 3.63) is 24.0 Å². The number of ether oxygens (including phenoxy) is 1. The van der Waals surface area contributed by atoms with Gasteiger partial charge in [0.25, 0.3) is 0 Å². The zero-order valence-corrected chi connectivity index (χ0v) is 7.86. The van der Waals surface area contributed by atoms with Crippen LogP contribution in [0.25, 0.3) is 0 Å². The van der Waals surface area contributed by atoms with Crippen molar-refractivity contribution in [1.82, 2.24) is 4.98 Å². The van der Waals surface area contributed by atoms with Crippen LogP contribution in [0.5, 0.6) is 5.75 Å². The molecule has 0 unspecified atom stereocenters. The molecular formula is C10H11NO3. The average Bonchev–Trinajstić information content (AvgIpc) is 2.98. The number of methoxy groups -OCH3 is 1. The van der Waals surface area contributed by atoms with Crippen molar-refractivity contribution < 1.29 is 14.6 Å². The molecule has 14 heavy (non-hydrogen) atoms. The lowest BCUT2D eigenvalue weighted by atomic mass is 10.0. The predicted molar refractivity (Wildman–Crippen MR) is 49.3 cm³/mol. The normalized spacial score (nSPS) is 17.5. The third-order valence-corrected chi connectivity index (χ3v) is 2.62. The van der Waals surface area contributed by atoms with E-state index in [4.69, 9.17) is 9.84 Å². The first-order valence-electron chi connectivity index (χ1n) is 4.43. The average molecular weight is 193 g/mol. The monoisotopic (exact) mass is 193 g/mol. The van der Waals surface area contributed by atoms with E-state index in [1.165, 1.54) is 0 Å². The van der Waals surface area contributed by atoms with Gasteiger partial charge in [-0.15, -0.1) is 0 Å². The molecule has 1 saturated carbocycles. The van der Waals surface area contributed by atoms with Crippen LogP contribution in [0.4, 0.5) is 0 Å². The Morgan fingerprint density at radius 3 is 2.86 bits per heavy atom. The summed E-state index contributed by atoms with van der Waals surface area (Å²) in [7, 11) is 1.56. The maximum absolute atomic E-state index is 11.0. The Labute approximate surface area is 81.5 Å². The highest BCUT2D eigenvalue weighted by Gasteiger charge is 2.53. The molecule has 0 atom stereocenters. The van der Waals surface area contributed by atoms with Gasteiger partial charge in [-0.25, -0.2) is 0 Å². The van der Waals surface area contributed by atoms with Gasteiger partial charge < -0.3 is 9.84 Å². The molecule has 0 aromatic carbocycles. The Balaban J connectivity index is 2.37. The number of pyridine rings is 1. The van der Waals surface area contributed by atoms with Crippen LogP contribution in [0, 0.1) is 0 Å². The van der Waals surface area contributed by atoms with Crippen LogP contribution in [-0.2, 0) is 10.2 Å². The quantitative estimate of drug-likeness (QED) is 0.783. The Kier molecular flexibility index (Phi) is 1.91. The maximum Gasteiger partial charge on any atom is 0.315 e. The number of hydrogen-bond acceptors (Lipinski definition) is 3. The van der Waals surface area contributed by atoms with E-state index in [0.717, 1.165) is 0 Å². The van der Waals surface area contributed by atoms with Crippen molar-refractivity contribution in [3.8, 4) is 5.75 Å². The van der Waals surface area contributed by atoms with Gasteiger partial charge in [-0.1, -0.05) is 0 Å². The minimum atomic E-state index is -0.793. The van der Waals surface area contributed by atoms with Crippen molar-refractivity contribution in [2.75, 3.05) is 7.11 Å². The van der Waals surface area contributed by atoms with E-state index in [1.807, 2.05) is 0 Å². The fraction of sp³-hybridized carbons (Fsp3) is 0.400. The van der Waals surface area contributed by atoms with Gasteiger partial charge in [-0.2, -0.15) is 0 Å². The Hall–Kier alpha value is -1.58. The van der Waals surface area contributed by atoms with E-state index in [-0.39, 0.29) is 0 Å². The molecule has 2 rings (SSSR count). The first kappa shape index (κ1) is 8.99. The van der Waals surface area contributed by atoms with Crippen LogP contribution < -0.4 is 4.74 Å². The second-order valence-electron chi connectivity index (χ2n) is 3.47. The van der Waals surface area contributed by atoms with Gasteiger partial charge >= 0.3 is 5.97 Å². The molecule has 1 aromatic rings. The fourth-order valence-electron chi connectivity index (χ4n) is 1.50. The van der Waals surface area contributed by atoms with Gasteiger partial charge in [0.2, 0.25) is 0 Å². The standard InChI is InChI=1S/C10H11NO3/c1-14-7-2-5-11-8(6-7)10(3-4-10)9(12)13/h2,5-6H,3-4H2,1H3,(H,12,13). The molecule has 1 fully saturated rings. The van der Waals surface area contributed by atoms with Crippen molar-refractivity contribution >= 4 is 5.97 Å². The van der Waals surface area contributed by atoms with Gasteiger partial charge in [0.1, 0.15) is 11.2 Å². The number of aliphatic carboxylic acids is 1. The molecule has 0 saturated heterocycles. The molecule has 0 aliphatic heterocycles. The molecule has 0 amide bonds. The number of hydrogen-bond donors (Lipinski definition) is 1. The third kappa shape index (κ3) is 1.23. The summed E-state index contributed by atoms with van der Waals surface area (Å²) < 4.78 is 5.02. The van der Waals surface area contributed by atoms with Crippen molar-refractivity contribution in [2.45, 2.75) is 18.3 Å². The van der Waals surface area contributed by atoms with E-state index in [0.29, 0.717) is 24.3 Å². The molecule has 0 radical (unpaired) electrons. The maximum atomic E-state index is 11.0. The highest BCUT2D eigenvalue weighted by atomic mass is 16.5. The fourth-order valence-corrected chi connectivity index (χ4v) is 1.50. The Bertz CT molecular complexity index is 371. The molecule has 1 N–H and O–H groups in total. The van der Waals surface area contributed by atoms with Crippen molar-refractivity contribution in [3.63, 3.8) is 0 Å². The first-order valence-corrected chi connectivity index (χ1v) is 4.43. The third-order valence-electron chi connectivity index (χ3n) is 2.62. The molecule has 1 aromatic heterocycles. The van der Waals surface area contributed by atoms with E-state index in [1.54, 1.807) is 25.4 Å². The minimum absolute atomic E-state index is 0.601. The highest BCUT2D eigenvalue weighted by Crippen LogP contribution is 2.47. The molecule has 0 spiro atoms. The lowest BCUT2D eigenvalue weighted by molar-refractivity contribution is -0.140. The zero-order chi connectivity index (χ0) is 10.2. The second kappa shape index (κ2) is 2.97. The molecular weight excluding hydrogens is 182 g/mol. The summed E-state index contributed by atoms with van der Waals surface area (Å²) in [6.45, 7) is 0. The summed E-state index contributed by atoms with van der Waals surface area (Å²) in [6.07, 6.45) is 2.92. The molecule has 1 heterocycles. The lowest BCUT2D eigenvalue weighted by Crippen LogP contribution is -2.20. The van der Waals surface area contributed by atoms with Crippen LogP contribution in [0.2, 0.25) is 0 Å². The summed E-state index contributed by atoms with van der Waals surface area (Å²) in [5, 5.41) is 9.04. The van der Waals surface area contributed by atoms with Crippen LogP contribution in [0.1, 0.15) is 18.5 Å². The van der Waals surface area contributed by atoms with Gasteiger partial charge in [-0.3, -0.25) is 9.78 Å². The summed E-state index contributed by atoms with van der Waals surface area (Å²) >= 11 is 0. The van der Waals surface area contributed by atoms with Gasteiger partial charge in [0.15, 0.2) is 0 Å². The number of carbonyl (C=O) groups is 1. The summed E-state index contributed by atoms with van der Waals surface area (Å²) in [6, 6.07) is 3.41. The predicted octanol–water partition coefficient (Wildman–Crippen LogP) is 1.21. The minimum Gasteiger partial charge on any atom is -0.497 e. The number of rotatable bonds is 3. The van der Waals surface area contributed by atoms with E-state index >= 15 is 0 Å². The molecule has 74 valence electrons. The van der Waals surface area contributed by atoms with Crippen molar-refractivity contribution in [1.29, 1.82) is 0 Å². The van der Waals surface area contributed by atoms with Crippen LogP contribution >= 0.6 is 0 Å². The van der Waals surface area contributed by atoms with Crippen LogP contribution in [-0.4, -0.2) is 23.2 Å². The van der Waals surface area contributed by atoms with Gasteiger partial charge in [0, 0.05) is 12.3 Å². The second-order valence-corrected chi connectivity index (χ2v) is 3.47. The van der Waals surface area contributed by atoms with Crippen molar-refractivity contribution in [2.24, 2.45) is 0 Å². The van der Waals surface area contributed by atoms with E-state index < -0.39 is 11.4 Å². The summed E-state index contributed by atoms with van der Waals surface area (Å²) in [5.74, 6) is -0.138. The largest absolute Gasteiger partial charge is 0.497 e. The van der Waals surface area contributed by atoms with Gasteiger partial charge in [-0.05, 0) is 18.9 Å². The molecule has 4 heteroatoms. The lowest BCUT2D eigenvalue weighted by Gasteiger charge is -2.09. The SMILES string of the molecule is COc1ccnc(C2(C(=O)O)CC2)c1. The number of aromatic nitrogens is 1. The summed E-state index contributed by atoms with van der Waals surface area (Å²) in [5.41, 5.74) is -0.140. The highest BCUT2D eigenvalue weighted by molar-refractivity contribution is 5.84. The Morgan fingerprint density at radius 2 is 2.36 bits per heavy atom. The number of carboxylic acids is 1. The Morgan fingerprint density at radius 1 is 1.64 bits per heavy atom. The van der Waals surface area contributed by atoms with Gasteiger partial charge in [0.05, 0.1) is 12.8 Å². The van der Waals surface area contributed by atoms with E-state index in [9.17, 15) is 4.79 Å². The molecule has 1 aliphatic carbocycles. The topological polar surface area (TPSA) is 59.4 Å². The zero-order valence-electron chi connectivity index (χ0n) is 7.86. The van der Waals surface area contributed by atoms with Crippen LogP contribution in [0.15, 0.2) is 18.3 Å². The summed E-state index contributed by atoms with van der Waals surface area (Å²) in [4.78, 5) is 15.1. The number of nitrogens with zero attached hydrogens (tertiary/aromatic N) is 1.